The number of fused-ring (bicyclic) bond motifs is 1. The minimum atomic E-state index is 0.000631. The fourth-order valence-corrected chi connectivity index (χ4v) is 3.98. The first kappa shape index (κ1) is 19.5. The lowest BCUT2D eigenvalue weighted by molar-refractivity contribution is -0.132. The average molecular weight is 397 g/mol. The molecule has 0 bridgehead atoms. The summed E-state index contributed by atoms with van der Waals surface area (Å²) in [5, 5.41) is 7.31. The molecule has 2 aromatic heterocycles. The summed E-state index contributed by atoms with van der Waals surface area (Å²) in [6.07, 6.45) is 6.58. The minimum Gasteiger partial charge on any atom is -0.336 e. The van der Waals surface area contributed by atoms with E-state index in [2.05, 4.69) is 32.0 Å². The van der Waals surface area contributed by atoms with Gasteiger partial charge >= 0.3 is 0 Å². The summed E-state index contributed by atoms with van der Waals surface area (Å²) < 4.78 is 0. The van der Waals surface area contributed by atoms with Gasteiger partial charge in [-0.3, -0.25) is 24.7 Å². The molecule has 4 rings (SSSR count). The molecule has 2 aliphatic heterocycles. The van der Waals surface area contributed by atoms with Gasteiger partial charge in [-0.2, -0.15) is 5.10 Å². The van der Waals surface area contributed by atoms with Crippen LogP contribution in [0, 0.1) is 0 Å². The van der Waals surface area contributed by atoms with E-state index in [9.17, 15) is 9.59 Å². The van der Waals surface area contributed by atoms with Crippen LogP contribution in [0.3, 0.4) is 0 Å². The number of aromatic nitrogens is 4. The second-order valence-electron chi connectivity index (χ2n) is 7.52. The van der Waals surface area contributed by atoms with Gasteiger partial charge in [-0.15, -0.1) is 0 Å². The second-order valence-corrected chi connectivity index (χ2v) is 7.52. The van der Waals surface area contributed by atoms with Crippen LogP contribution >= 0.6 is 0 Å². The summed E-state index contributed by atoms with van der Waals surface area (Å²) in [4.78, 5) is 39.8. The Morgan fingerprint density at radius 2 is 1.93 bits per heavy atom. The van der Waals surface area contributed by atoms with Gasteiger partial charge in [0.05, 0.1) is 17.9 Å². The first-order chi connectivity index (χ1) is 14.2. The molecule has 2 amide bonds. The van der Waals surface area contributed by atoms with E-state index in [0.29, 0.717) is 38.0 Å². The van der Waals surface area contributed by atoms with Crippen LogP contribution in [-0.2, 0) is 24.2 Å². The molecule has 9 heteroatoms. The highest BCUT2D eigenvalue weighted by Crippen LogP contribution is 2.22. The third-order valence-electron chi connectivity index (χ3n) is 5.81. The Morgan fingerprint density at radius 3 is 2.66 bits per heavy atom. The lowest BCUT2D eigenvalue weighted by atomic mass is 10.0. The van der Waals surface area contributed by atoms with Crippen molar-refractivity contribution in [3.8, 4) is 0 Å². The molecule has 2 aliphatic rings. The predicted octanol–water partition coefficient (Wildman–Crippen LogP) is 0.495. The number of carbonyl (C=O) groups excluding carboxylic acids is 2. The lowest BCUT2D eigenvalue weighted by Gasteiger charge is -2.34. The van der Waals surface area contributed by atoms with Gasteiger partial charge in [-0.25, -0.2) is 0 Å². The first-order valence-electron chi connectivity index (χ1n) is 10.3. The van der Waals surface area contributed by atoms with Gasteiger partial charge in [-0.05, 0) is 19.4 Å². The molecule has 1 fully saturated rings. The molecular formula is C20H27N7O2. The second kappa shape index (κ2) is 8.69. The van der Waals surface area contributed by atoms with Crippen LogP contribution in [0.4, 0.5) is 0 Å². The van der Waals surface area contributed by atoms with E-state index >= 15 is 0 Å². The number of amides is 2. The van der Waals surface area contributed by atoms with Crippen molar-refractivity contribution < 1.29 is 9.59 Å². The van der Waals surface area contributed by atoms with Crippen LogP contribution in [0.25, 0.3) is 0 Å². The fourth-order valence-electron chi connectivity index (χ4n) is 3.98. The predicted molar refractivity (Wildman–Crippen MR) is 106 cm³/mol. The maximum atomic E-state index is 12.9. The Balaban J connectivity index is 1.36. The molecule has 1 saturated heterocycles. The maximum Gasteiger partial charge on any atom is 0.274 e. The molecule has 9 nitrogen and oxygen atoms in total. The van der Waals surface area contributed by atoms with E-state index < -0.39 is 0 Å². The Labute approximate surface area is 170 Å². The molecule has 29 heavy (non-hydrogen) atoms. The molecule has 0 saturated carbocycles. The molecule has 0 aliphatic carbocycles. The van der Waals surface area contributed by atoms with E-state index in [1.165, 1.54) is 0 Å². The number of hydrogen-bond acceptors (Lipinski definition) is 6. The van der Waals surface area contributed by atoms with Crippen LogP contribution in [0.2, 0.25) is 0 Å². The van der Waals surface area contributed by atoms with Crippen LogP contribution in [0.5, 0.6) is 0 Å². The third-order valence-corrected chi connectivity index (χ3v) is 5.81. The number of likely N-dealkylation sites (N-methyl/N-ethyl adjacent to an activating group) is 1. The van der Waals surface area contributed by atoms with Crippen LogP contribution in [0.1, 0.15) is 40.8 Å². The quantitative estimate of drug-likeness (QED) is 0.789. The van der Waals surface area contributed by atoms with Crippen molar-refractivity contribution in [2.45, 2.75) is 32.7 Å². The zero-order valence-corrected chi connectivity index (χ0v) is 16.8. The number of nitrogens with one attached hydrogen (secondary N) is 1. The molecule has 0 spiro atoms. The van der Waals surface area contributed by atoms with Gasteiger partial charge in [-0.1, -0.05) is 6.92 Å². The topological polar surface area (TPSA) is 98.3 Å². The van der Waals surface area contributed by atoms with Gasteiger partial charge in [0.1, 0.15) is 0 Å². The highest BCUT2D eigenvalue weighted by molar-refractivity contribution is 5.94. The summed E-state index contributed by atoms with van der Waals surface area (Å²) in [5.41, 5.74) is 3.18. The number of nitrogens with zero attached hydrogens (tertiary/aromatic N) is 6. The zero-order valence-electron chi connectivity index (χ0n) is 16.8. The lowest BCUT2D eigenvalue weighted by Crippen LogP contribution is -2.48. The van der Waals surface area contributed by atoms with Gasteiger partial charge < -0.3 is 14.7 Å². The number of aryl methyl sites for hydroxylation is 1. The fraction of sp³-hybridized carbons (Fsp3) is 0.550. The Kier molecular flexibility index (Phi) is 5.84. The van der Waals surface area contributed by atoms with Crippen molar-refractivity contribution in [3.05, 3.63) is 41.2 Å². The summed E-state index contributed by atoms with van der Waals surface area (Å²) in [6, 6.07) is 0. The van der Waals surface area contributed by atoms with E-state index in [1.807, 2.05) is 9.80 Å². The number of hydrogen-bond donors (Lipinski definition) is 1. The third kappa shape index (κ3) is 4.29. The van der Waals surface area contributed by atoms with Crippen LogP contribution < -0.4 is 0 Å². The van der Waals surface area contributed by atoms with Gasteiger partial charge in [0.2, 0.25) is 5.91 Å². The van der Waals surface area contributed by atoms with Gasteiger partial charge in [0, 0.05) is 63.3 Å². The van der Waals surface area contributed by atoms with Crippen LogP contribution in [-0.4, -0.2) is 85.9 Å². The summed E-state index contributed by atoms with van der Waals surface area (Å²) in [7, 11) is 0. The molecule has 2 aromatic rings. The van der Waals surface area contributed by atoms with Crippen molar-refractivity contribution in [1.29, 1.82) is 0 Å². The molecule has 1 N–H and O–H groups in total. The highest BCUT2D eigenvalue weighted by atomic mass is 16.2. The van der Waals surface area contributed by atoms with Gasteiger partial charge in [0.15, 0.2) is 5.69 Å². The summed E-state index contributed by atoms with van der Waals surface area (Å²) >= 11 is 0. The Hall–Kier alpha value is -2.81. The maximum absolute atomic E-state index is 12.9. The van der Waals surface area contributed by atoms with Crippen molar-refractivity contribution in [1.82, 2.24) is 34.9 Å². The molecule has 154 valence electrons. The zero-order chi connectivity index (χ0) is 20.2. The number of piperazine rings is 1. The van der Waals surface area contributed by atoms with Crippen molar-refractivity contribution >= 4 is 11.8 Å². The number of H-pyrrole nitrogens is 1. The van der Waals surface area contributed by atoms with Crippen molar-refractivity contribution in [2.24, 2.45) is 0 Å². The largest absolute Gasteiger partial charge is 0.336 e. The van der Waals surface area contributed by atoms with Crippen LogP contribution in [0.15, 0.2) is 18.6 Å². The monoisotopic (exact) mass is 397 g/mol. The normalized spacial score (nSPS) is 17.3. The number of rotatable bonds is 5. The average Bonchev–Trinajstić information content (AvgIpc) is 3.21. The van der Waals surface area contributed by atoms with Crippen molar-refractivity contribution in [3.63, 3.8) is 0 Å². The summed E-state index contributed by atoms with van der Waals surface area (Å²) in [6.45, 7) is 7.52. The van der Waals surface area contributed by atoms with Crippen molar-refractivity contribution in [2.75, 3.05) is 39.3 Å². The van der Waals surface area contributed by atoms with E-state index in [0.717, 1.165) is 49.7 Å². The molecular weight excluding hydrogens is 370 g/mol. The van der Waals surface area contributed by atoms with E-state index in [-0.39, 0.29) is 11.8 Å². The number of aromatic amines is 1. The highest BCUT2D eigenvalue weighted by Gasteiger charge is 2.30. The first-order valence-corrected chi connectivity index (χ1v) is 10.3. The SMILES string of the molecule is CCN1CCN(C(=O)c2n[nH]c3c2CCN(C(=O)CCc2cnccn2)C3)CC1. The minimum absolute atomic E-state index is 0.000631. The van der Waals surface area contributed by atoms with E-state index in [1.54, 1.807) is 18.6 Å². The molecule has 0 aromatic carbocycles. The van der Waals surface area contributed by atoms with E-state index in [4.69, 9.17) is 0 Å². The number of carbonyl (C=O) groups is 2. The molecule has 0 unspecified atom stereocenters. The standard InChI is InChI=1S/C20H27N7O2/c1-2-25-9-11-26(12-10-25)20(29)19-16-5-8-27(14-17(16)23-24-19)18(28)4-3-15-13-21-6-7-22-15/h6-7,13H,2-5,8-12,14H2,1H3,(H,23,24). The molecule has 0 atom stereocenters. The smallest absolute Gasteiger partial charge is 0.274 e. The Bertz CT molecular complexity index is 859. The Morgan fingerprint density at radius 1 is 1.10 bits per heavy atom. The summed E-state index contributed by atoms with van der Waals surface area (Å²) in [5.74, 6) is 0.0835. The molecule has 4 heterocycles. The molecule has 0 radical (unpaired) electrons. The van der Waals surface area contributed by atoms with Gasteiger partial charge in [0.25, 0.3) is 5.91 Å².